The molecular weight excluding hydrogens is 160 g/mol. The van der Waals surface area contributed by atoms with Crippen LogP contribution in [-0.4, -0.2) is 36.0 Å². The van der Waals surface area contributed by atoms with Gasteiger partial charge in [0.2, 0.25) is 5.91 Å². The normalized spacial score (nSPS) is 37.6. The molecule has 2 aliphatic rings. The summed E-state index contributed by atoms with van der Waals surface area (Å²) in [6.07, 6.45) is 0.990. The van der Waals surface area contributed by atoms with Gasteiger partial charge in [-0.15, -0.1) is 0 Å². The van der Waals surface area contributed by atoms with Gasteiger partial charge in [-0.2, -0.15) is 11.8 Å². The van der Waals surface area contributed by atoms with Gasteiger partial charge in [-0.05, 0) is 12.2 Å². The molecule has 2 heterocycles. The summed E-state index contributed by atoms with van der Waals surface area (Å²) in [6.45, 7) is 1.71. The van der Waals surface area contributed by atoms with Gasteiger partial charge in [0, 0.05) is 18.8 Å². The van der Waals surface area contributed by atoms with E-state index in [2.05, 4.69) is 10.6 Å². The van der Waals surface area contributed by atoms with E-state index in [-0.39, 0.29) is 11.4 Å². The van der Waals surface area contributed by atoms with Crippen molar-refractivity contribution in [2.45, 2.75) is 12.0 Å². The van der Waals surface area contributed by atoms with Crippen molar-refractivity contribution >= 4 is 17.7 Å². The molecule has 62 valence electrons. The number of hydrogen-bond acceptors (Lipinski definition) is 3. The molecule has 2 fully saturated rings. The molecule has 2 N–H and O–H groups in total. The number of amides is 1. The lowest BCUT2D eigenvalue weighted by molar-refractivity contribution is -0.128. The number of nitrogens with one attached hydrogen (secondary N) is 2. The van der Waals surface area contributed by atoms with E-state index >= 15 is 0 Å². The molecule has 3 nitrogen and oxygen atoms in total. The minimum Gasteiger partial charge on any atom is -0.353 e. The van der Waals surface area contributed by atoms with Gasteiger partial charge < -0.3 is 10.6 Å². The lowest BCUT2D eigenvalue weighted by Crippen LogP contribution is -2.63. The van der Waals surface area contributed by atoms with E-state index in [1.807, 2.05) is 11.8 Å². The van der Waals surface area contributed by atoms with Gasteiger partial charge in [0.1, 0.15) is 5.54 Å². The van der Waals surface area contributed by atoms with Crippen LogP contribution in [-0.2, 0) is 4.79 Å². The van der Waals surface area contributed by atoms with E-state index in [1.165, 1.54) is 0 Å². The van der Waals surface area contributed by atoms with Crippen LogP contribution >= 0.6 is 11.8 Å². The van der Waals surface area contributed by atoms with Crippen LogP contribution in [0.25, 0.3) is 0 Å². The minimum absolute atomic E-state index is 0.203. The van der Waals surface area contributed by atoms with Crippen LogP contribution in [0.15, 0.2) is 0 Å². The third-order valence-electron chi connectivity index (χ3n) is 2.33. The number of piperazine rings is 1. The average Bonchev–Trinajstić information content (AvgIpc) is 2.46. The van der Waals surface area contributed by atoms with Gasteiger partial charge in [0.05, 0.1) is 0 Å². The van der Waals surface area contributed by atoms with Crippen LogP contribution in [0.1, 0.15) is 6.42 Å². The van der Waals surface area contributed by atoms with E-state index in [4.69, 9.17) is 0 Å². The largest absolute Gasteiger partial charge is 0.353 e. The van der Waals surface area contributed by atoms with Gasteiger partial charge in [0.25, 0.3) is 0 Å². The van der Waals surface area contributed by atoms with Crippen molar-refractivity contribution in [3.63, 3.8) is 0 Å². The lowest BCUT2D eigenvalue weighted by atomic mass is 9.96. The quantitative estimate of drug-likeness (QED) is 0.521. The van der Waals surface area contributed by atoms with E-state index in [1.54, 1.807) is 0 Å². The van der Waals surface area contributed by atoms with Crippen LogP contribution in [0.5, 0.6) is 0 Å². The fourth-order valence-corrected chi connectivity index (χ4v) is 2.97. The first-order valence-corrected chi connectivity index (χ1v) is 5.10. The summed E-state index contributed by atoms with van der Waals surface area (Å²) in [5.41, 5.74) is -0.205. The second-order valence-electron chi connectivity index (χ2n) is 3.07. The molecule has 0 aromatic carbocycles. The van der Waals surface area contributed by atoms with Crippen molar-refractivity contribution in [2.75, 3.05) is 24.6 Å². The molecule has 0 bridgehead atoms. The molecule has 0 aliphatic carbocycles. The Labute approximate surface area is 70.3 Å². The summed E-state index contributed by atoms with van der Waals surface area (Å²) in [6, 6.07) is 0. The van der Waals surface area contributed by atoms with E-state index in [9.17, 15) is 4.79 Å². The first kappa shape index (κ1) is 7.43. The summed E-state index contributed by atoms with van der Waals surface area (Å²) in [5, 5.41) is 6.21. The summed E-state index contributed by atoms with van der Waals surface area (Å²) < 4.78 is 0. The van der Waals surface area contributed by atoms with Gasteiger partial charge in [0.15, 0.2) is 0 Å². The molecule has 2 aliphatic heterocycles. The Morgan fingerprint density at radius 2 is 2.36 bits per heavy atom. The van der Waals surface area contributed by atoms with E-state index in [0.717, 1.165) is 31.0 Å². The van der Waals surface area contributed by atoms with Crippen molar-refractivity contribution in [3.05, 3.63) is 0 Å². The van der Waals surface area contributed by atoms with Crippen LogP contribution in [0.2, 0.25) is 0 Å². The molecule has 1 spiro atoms. The number of rotatable bonds is 0. The molecule has 1 atom stereocenters. The maximum Gasteiger partial charge on any atom is 0.241 e. The van der Waals surface area contributed by atoms with Crippen molar-refractivity contribution in [1.29, 1.82) is 0 Å². The standard InChI is InChI=1S/C7H12N2OS/c10-6-7(1-4-11-5-7)9-3-2-8-6/h9H,1-5H2,(H,8,10). The predicted octanol–water partition coefficient (Wildman–Crippen LogP) is -0.419. The molecule has 0 saturated carbocycles. The zero-order chi connectivity index (χ0) is 7.73. The maximum absolute atomic E-state index is 11.4. The zero-order valence-electron chi connectivity index (χ0n) is 6.35. The molecule has 2 saturated heterocycles. The molecule has 0 aromatic rings. The number of hydrogen-bond donors (Lipinski definition) is 2. The molecule has 1 amide bonds. The van der Waals surface area contributed by atoms with Crippen molar-refractivity contribution in [2.24, 2.45) is 0 Å². The monoisotopic (exact) mass is 172 g/mol. The fraction of sp³-hybridized carbons (Fsp3) is 0.857. The van der Waals surface area contributed by atoms with Crippen LogP contribution < -0.4 is 10.6 Å². The van der Waals surface area contributed by atoms with Crippen LogP contribution in [0.4, 0.5) is 0 Å². The highest BCUT2D eigenvalue weighted by Gasteiger charge is 2.42. The second-order valence-corrected chi connectivity index (χ2v) is 4.17. The van der Waals surface area contributed by atoms with Gasteiger partial charge in [-0.25, -0.2) is 0 Å². The molecular formula is C7H12N2OS. The first-order valence-electron chi connectivity index (χ1n) is 3.95. The summed E-state index contributed by atoms with van der Waals surface area (Å²) in [5.74, 6) is 2.26. The van der Waals surface area contributed by atoms with Crippen molar-refractivity contribution in [3.8, 4) is 0 Å². The SMILES string of the molecule is O=C1NCCNC12CCSC2. The Bertz CT molecular complexity index is 177. The van der Waals surface area contributed by atoms with Gasteiger partial charge in [-0.1, -0.05) is 0 Å². The fourth-order valence-electron chi connectivity index (χ4n) is 1.61. The number of thioether (sulfide) groups is 1. The Balaban J connectivity index is 2.13. The molecule has 4 heteroatoms. The molecule has 2 rings (SSSR count). The van der Waals surface area contributed by atoms with Crippen molar-refractivity contribution in [1.82, 2.24) is 10.6 Å². The molecule has 0 aromatic heterocycles. The smallest absolute Gasteiger partial charge is 0.241 e. The Hall–Kier alpha value is -0.220. The maximum atomic E-state index is 11.4. The highest BCUT2D eigenvalue weighted by Crippen LogP contribution is 2.28. The van der Waals surface area contributed by atoms with Crippen molar-refractivity contribution < 1.29 is 4.79 Å². The highest BCUT2D eigenvalue weighted by atomic mass is 32.2. The third kappa shape index (κ3) is 1.14. The van der Waals surface area contributed by atoms with E-state index < -0.39 is 0 Å². The number of carbonyl (C=O) groups is 1. The van der Waals surface area contributed by atoms with Crippen LogP contribution in [0.3, 0.4) is 0 Å². The first-order chi connectivity index (χ1) is 5.33. The third-order valence-corrected chi connectivity index (χ3v) is 3.52. The summed E-state index contributed by atoms with van der Waals surface area (Å²) in [4.78, 5) is 11.4. The summed E-state index contributed by atoms with van der Waals surface area (Å²) >= 11 is 1.86. The van der Waals surface area contributed by atoms with Crippen LogP contribution in [0, 0.1) is 0 Å². The molecule has 11 heavy (non-hydrogen) atoms. The summed E-state index contributed by atoms with van der Waals surface area (Å²) in [7, 11) is 0. The Morgan fingerprint density at radius 1 is 1.45 bits per heavy atom. The predicted molar refractivity (Wildman–Crippen MR) is 45.7 cm³/mol. The van der Waals surface area contributed by atoms with Gasteiger partial charge >= 0.3 is 0 Å². The minimum atomic E-state index is -0.205. The lowest BCUT2D eigenvalue weighted by Gasteiger charge is -2.32. The highest BCUT2D eigenvalue weighted by molar-refractivity contribution is 7.99. The zero-order valence-corrected chi connectivity index (χ0v) is 7.17. The topological polar surface area (TPSA) is 41.1 Å². The second kappa shape index (κ2) is 2.68. The van der Waals surface area contributed by atoms with E-state index in [0.29, 0.717) is 0 Å². The number of carbonyl (C=O) groups excluding carboxylic acids is 1. The Morgan fingerprint density at radius 3 is 3.00 bits per heavy atom. The molecule has 1 unspecified atom stereocenters. The molecule has 0 radical (unpaired) electrons. The average molecular weight is 172 g/mol. The van der Waals surface area contributed by atoms with Gasteiger partial charge in [-0.3, -0.25) is 4.79 Å². The Kier molecular flexibility index (Phi) is 1.81.